The maximum atomic E-state index is 13.6. The molecule has 1 fully saturated rings. The van der Waals surface area contributed by atoms with Crippen LogP contribution in [0.25, 0.3) is 27.7 Å². The lowest BCUT2D eigenvalue weighted by Gasteiger charge is -2.34. The van der Waals surface area contributed by atoms with Gasteiger partial charge >= 0.3 is 0 Å². The lowest BCUT2D eigenvalue weighted by Crippen LogP contribution is -2.44. The van der Waals surface area contributed by atoms with E-state index in [1.165, 1.54) is 10.7 Å². The fourth-order valence-electron chi connectivity index (χ4n) is 4.55. The van der Waals surface area contributed by atoms with E-state index in [0.29, 0.717) is 11.1 Å². The Kier molecular flexibility index (Phi) is 5.82. The summed E-state index contributed by atoms with van der Waals surface area (Å²) in [6, 6.07) is 18.3. The number of rotatable bonds is 4. The van der Waals surface area contributed by atoms with Crippen LogP contribution in [0.2, 0.25) is 0 Å². The van der Waals surface area contributed by atoms with Gasteiger partial charge in [0, 0.05) is 48.9 Å². The SMILES string of the molecule is Cc1ccc(-c2nn(-c3cc(N4CCN(C)CC4)ccc3[N+](=O)[O-])c(=O)c3ccccc23)cc1C. The highest BCUT2D eigenvalue weighted by Crippen LogP contribution is 2.31. The number of aromatic nitrogens is 2. The molecule has 0 bridgehead atoms. The van der Waals surface area contributed by atoms with Gasteiger partial charge in [0.15, 0.2) is 0 Å². The molecule has 8 heteroatoms. The third-order valence-electron chi connectivity index (χ3n) is 6.84. The zero-order chi connectivity index (χ0) is 24.7. The highest BCUT2D eigenvalue weighted by atomic mass is 16.6. The van der Waals surface area contributed by atoms with E-state index < -0.39 is 4.92 Å². The number of aryl methyl sites for hydroxylation is 2. The fourth-order valence-corrected chi connectivity index (χ4v) is 4.55. The Morgan fingerprint density at radius 1 is 0.886 bits per heavy atom. The summed E-state index contributed by atoms with van der Waals surface area (Å²) in [7, 11) is 2.07. The van der Waals surface area contributed by atoms with Gasteiger partial charge in [0.1, 0.15) is 5.69 Å². The first-order chi connectivity index (χ1) is 16.8. The van der Waals surface area contributed by atoms with Crippen molar-refractivity contribution in [2.75, 3.05) is 38.1 Å². The predicted octanol–water partition coefficient (Wildman–Crippen LogP) is 4.33. The second-order valence-electron chi connectivity index (χ2n) is 9.13. The van der Waals surface area contributed by atoms with Crippen molar-refractivity contribution in [3.63, 3.8) is 0 Å². The van der Waals surface area contributed by atoms with Crippen LogP contribution >= 0.6 is 0 Å². The summed E-state index contributed by atoms with van der Waals surface area (Å²) < 4.78 is 1.20. The standard InChI is InChI=1S/C27H27N5O3/c1-18-8-9-20(16-19(18)2)26-22-6-4-5-7-23(22)27(33)31(28-26)25-17-21(10-11-24(25)32(34)35)30-14-12-29(3)13-15-30/h4-11,16-17H,12-15H2,1-3H3. The van der Waals surface area contributed by atoms with Crippen molar-refractivity contribution in [3.05, 3.63) is 92.3 Å². The minimum atomic E-state index is -0.456. The van der Waals surface area contributed by atoms with Gasteiger partial charge in [-0.05, 0) is 56.3 Å². The van der Waals surface area contributed by atoms with E-state index >= 15 is 0 Å². The van der Waals surface area contributed by atoms with Crippen LogP contribution in [0.4, 0.5) is 11.4 Å². The first-order valence-electron chi connectivity index (χ1n) is 11.7. The summed E-state index contributed by atoms with van der Waals surface area (Å²) in [5, 5.41) is 17.9. The number of likely N-dealkylation sites (N-methyl/N-ethyl adjacent to an activating group) is 1. The van der Waals surface area contributed by atoms with Crippen LogP contribution in [0, 0.1) is 24.0 Å². The van der Waals surface area contributed by atoms with Crippen molar-refractivity contribution in [1.82, 2.24) is 14.7 Å². The molecule has 0 unspecified atom stereocenters. The van der Waals surface area contributed by atoms with Crippen LogP contribution in [0.3, 0.4) is 0 Å². The summed E-state index contributed by atoms with van der Waals surface area (Å²) in [6.45, 7) is 7.48. The van der Waals surface area contributed by atoms with E-state index in [2.05, 4.69) is 16.8 Å². The van der Waals surface area contributed by atoms with E-state index in [9.17, 15) is 14.9 Å². The minimum absolute atomic E-state index is 0.154. The lowest BCUT2D eigenvalue weighted by atomic mass is 10.0. The quantitative estimate of drug-likeness (QED) is 0.327. The van der Waals surface area contributed by atoms with Gasteiger partial charge < -0.3 is 9.80 Å². The van der Waals surface area contributed by atoms with Gasteiger partial charge in [-0.25, -0.2) is 0 Å². The van der Waals surface area contributed by atoms with Gasteiger partial charge in [0.25, 0.3) is 11.2 Å². The van der Waals surface area contributed by atoms with Crippen LogP contribution in [-0.2, 0) is 0 Å². The smallest absolute Gasteiger partial charge is 0.295 e. The summed E-state index contributed by atoms with van der Waals surface area (Å²) >= 11 is 0. The molecule has 0 spiro atoms. The molecule has 4 aromatic rings. The Morgan fingerprint density at radius 3 is 2.29 bits per heavy atom. The zero-order valence-electron chi connectivity index (χ0n) is 20.1. The Labute approximate surface area is 203 Å². The molecule has 5 rings (SSSR count). The number of piperazine rings is 1. The van der Waals surface area contributed by atoms with Crippen molar-refractivity contribution >= 4 is 22.1 Å². The monoisotopic (exact) mass is 469 g/mol. The number of anilines is 1. The second kappa shape index (κ2) is 8.96. The molecule has 1 saturated heterocycles. The maximum absolute atomic E-state index is 13.6. The van der Waals surface area contributed by atoms with Crippen LogP contribution in [0.1, 0.15) is 11.1 Å². The molecular weight excluding hydrogens is 442 g/mol. The molecule has 1 aromatic heterocycles. The molecule has 0 saturated carbocycles. The first-order valence-corrected chi connectivity index (χ1v) is 11.7. The normalized spacial score (nSPS) is 14.4. The minimum Gasteiger partial charge on any atom is -0.369 e. The Balaban J connectivity index is 1.75. The number of nitrogens with zero attached hydrogens (tertiary/aromatic N) is 5. The Bertz CT molecular complexity index is 1500. The number of benzene rings is 3. The Hall–Kier alpha value is -4.04. The molecule has 0 aliphatic carbocycles. The average molecular weight is 470 g/mol. The highest BCUT2D eigenvalue weighted by Gasteiger charge is 2.23. The molecule has 0 radical (unpaired) electrons. The van der Waals surface area contributed by atoms with E-state index in [0.717, 1.165) is 53.9 Å². The average Bonchev–Trinajstić information content (AvgIpc) is 2.86. The number of hydrogen-bond acceptors (Lipinski definition) is 6. The Morgan fingerprint density at radius 2 is 1.60 bits per heavy atom. The van der Waals surface area contributed by atoms with Gasteiger partial charge in [0.05, 0.1) is 16.0 Å². The van der Waals surface area contributed by atoms with Crippen molar-refractivity contribution in [2.24, 2.45) is 0 Å². The largest absolute Gasteiger partial charge is 0.369 e. The van der Waals surface area contributed by atoms with Gasteiger partial charge in [-0.3, -0.25) is 14.9 Å². The van der Waals surface area contributed by atoms with Gasteiger partial charge in [-0.2, -0.15) is 9.78 Å². The molecule has 8 nitrogen and oxygen atoms in total. The van der Waals surface area contributed by atoms with Gasteiger partial charge in [-0.15, -0.1) is 0 Å². The number of nitro benzene ring substituents is 1. The number of fused-ring (bicyclic) bond motifs is 1. The van der Waals surface area contributed by atoms with E-state index in [4.69, 9.17) is 5.10 Å². The van der Waals surface area contributed by atoms with Crippen molar-refractivity contribution in [2.45, 2.75) is 13.8 Å². The molecule has 0 N–H and O–H groups in total. The topological polar surface area (TPSA) is 84.5 Å². The molecule has 3 aromatic carbocycles. The van der Waals surface area contributed by atoms with Crippen molar-refractivity contribution < 1.29 is 4.92 Å². The summed E-state index contributed by atoms with van der Waals surface area (Å²) in [5.41, 5.74) is 4.21. The number of hydrogen-bond donors (Lipinski definition) is 0. The van der Waals surface area contributed by atoms with Crippen LogP contribution in [-0.4, -0.2) is 52.8 Å². The molecule has 0 atom stereocenters. The molecule has 0 amide bonds. The molecule has 1 aliphatic rings. The summed E-state index contributed by atoms with van der Waals surface area (Å²) in [5.74, 6) is 0. The number of nitro groups is 1. The maximum Gasteiger partial charge on any atom is 0.295 e. The zero-order valence-corrected chi connectivity index (χ0v) is 20.1. The highest BCUT2D eigenvalue weighted by molar-refractivity contribution is 5.94. The second-order valence-corrected chi connectivity index (χ2v) is 9.13. The predicted molar refractivity (Wildman–Crippen MR) is 139 cm³/mol. The molecule has 2 heterocycles. The lowest BCUT2D eigenvalue weighted by molar-refractivity contribution is -0.384. The molecule has 1 aliphatic heterocycles. The third kappa shape index (κ3) is 4.17. The van der Waals surface area contributed by atoms with E-state index in [1.807, 2.05) is 44.2 Å². The van der Waals surface area contributed by atoms with Crippen LogP contribution < -0.4 is 10.5 Å². The molecular formula is C27H27N5O3. The van der Waals surface area contributed by atoms with Crippen LogP contribution in [0.15, 0.2) is 65.5 Å². The van der Waals surface area contributed by atoms with Crippen molar-refractivity contribution in [3.8, 4) is 16.9 Å². The van der Waals surface area contributed by atoms with E-state index in [-0.39, 0.29) is 16.9 Å². The third-order valence-corrected chi connectivity index (χ3v) is 6.84. The van der Waals surface area contributed by atoms with Crippen LogP contribution in [0.5, 0.6) is 0 Å². The molecule has 35 heavy (non-hydrogen) atoms. The van der Waals surface area contributed by atoms with Gasteiger partial charge in [-0.1, -0.05) is 30.3 Å². The summed E-state index contributed by atoms with van der Waals surface area (Å²) in [4.78, 5) is 29.5. The molecule has 178 valence electrons. The van der Waals surface area contributed by atoms with Crippen molar-refractivity contribution in [1.29, 1.82) is 0 Å². The first kappa shape index (κ1) is 22.7. The fraction of sp³-hybridized carbons (Fsp3) is 0.259. The van der Waals surface area contributed by atoms with Gasteiger partial charge in [0.2, 0.25) is 0 Å². The van der Waals surface area contributed by atoms with E-state index in [1.54, 1.807) is 24.3 Å². The summed E-state index contributed by atoms with van der Waals surface area (Å²) in [6.07, 6.45) is 0.